The van der Waals surface area contributed by atoms with E-state index in [-0.39, 0.29) is 16.5 Å². The third kappa shape index (κ3) is 3.05. The molecule has 0 unspecified atom stereocenters. The van der Waals surface area contributed by atoms with Gasteiger partial charge in [0.2, 0.25) is 0 Å². The average molecular weight is 382 g/mol. The number of oxime groups is 1. The van der Waals surface area contributed by atoms with E-state index in [0.717, 1.165) is 16.2 Å². The third-order valence-electron chi connectivity index (χ3n) is 3.50. The minimum absolute atomic E-state index is 0.0700. The molecule has 3 N–H and O–H groups in total. The summed E-state index contributed by atoms with van der Waals surface area (Å²) in [7, 11) is 1.28. The number of fused-ring (bicyclic) bond motifs is 1. The molecule has 2 aliphatic heterocycles. The van der Waals surface area contributed by atoms with Crippen molar-refractivity contribution >= 4 is 51.7 Å². The first kappa shape index (κ1) is 17.2. The number of carboxylic acids is 1. The number of nitrogens with zero attached hydrogens (tertiary/aromatic N) is 3. The molecule has 0 bridgehead atoms. The largest absolute Gasteiger partial charge is 0.543 e. The summed E-state index contributed by atoms with van der Waals surface area (Å²) in [6, 6.07) is -0.868. The first-order chi connectivity index (χ1) is 11.9. The van der Waals surface area contributed by atoms with Crippen LogP contribution in [0.25, 0.3) is 0 Å². The van der Waals surface area contributed by atoms with Gasteiger partial charge in [-0.3, -0.25) is 14.5 Å². The number of nitrogens with one attached hydrogen (secondary N) is 1. The van der Waals surface area contributed by atoms with Gasteiger partial charge in [0.15, 0.2) is 10.8 Å². The van der Waals surface area contributed by atoms with E-state index < -0.39 is 29.2 Å². The van der Waals surface area contributed by atoms with Crippen LogP contribution in [0, 0.1) is 0 Å². The lowest BCUT2D eigenvalue weighted by atomic mass is 10.0. The normalized spacial score (nSPS) is 22.6. The Kier molecular flexibility index (Phi) is 4.63. The molecular formula is C13H12N5O5S2-. The number of carbonyl (C=O) groups is 3. The number of carboxylic acid groups (broad SMARTS) is 1. The van der Waals surface area contributed by atoms with Gasteiger partial charge in [-0.05, 0) is 6.08 Å². The van der Waals surface area contributed by atoms with E-state index >= 15 is 0 Å². The Bertz CT molecular complexity index is 804. The summed E-state index contributed by atoms with van der Waals surface area (Å²) < 4.78 is 0. The molecule has 10 nitrogen and oxygen atoms in total. The summed E-state index contributed by atoms with van der Waals surface area (Å²) in [4.78, 5) is 45.8. The van der Waals surface area contributed by atoms with Crippen LogP contribution in [-0.4, -0.2) is 57.7 Å². The maximum Gasteiger partial charge on any atom is 0.275 e. The lowest BCUT2D eigenvalue weighted by Gasteiger charge is -2.49. The number of rotatable bonds is 5. The maximum atomic E-state index is 12.5. The van der Waals surface area contributed by atoms with Crippen LogP contribution in [0.5, 0.6) is 0 Å². The van der Waals surface area contributed by atoms with Gasteiger partial charge in [0.1, 0.15) is 18.5 Å². The molecule has 1 saturated heterocycles. The Hall–Kier alpha value is -2.60. The third-order valence-corrected chi connectivity index (χ3v) is 5.51. The van der Waals surface area contributed by atoms with Crippen molar-refractivity contribution in [3.63, 3.8) is 0 Å². The number of amides is 2. The number of aliphatic carboxylic acids is 1. The van der Waals surface area contributed by atoms with Gasteiger partial charge in [-0.25, -0.2) is 4.98 Å². The zero-order valence-electron chi connectivity index (χ0n) is 12.8. The fraction of sp³-hybridized carbons (Fsp3) is 0.308. The Morgan fingerprint density at radius 1 is 1.56 bits per heavy atom. The molecule has 0 aliphatic carbocycles. The minimum Gasteiger partial charge on any atom is -0.543 e. The summed E-state index contributed by atoms with van der Waals surface area (Å²) >= 11 is 2.38. The van der Waals surface area contributed by atoms with E-state index in [9.17, 15) is 19.5 Å². The van der Waals surface area contributed by atoms with Gasteiger partial charge < -0.3 is 25.8 Å². The molecule has 0 aromatic carbocycles. The van der Waals surface area contributed by atoms with Gasteiger partial charge in [0.05, 0.1) is 16.5 Å². The van der Waals surface area contributed by atoms with Gasteiger partial charge in [0.25, 0.3) is 11.8 Å². The predicted octanol–water partition coefficient (Wildman–Crippen LogP) is -1.89. The number of nitrogens with two attached hydrogens (primary N) is 1. The number of thiazole rings is 1. The van der Waals surface area contributed by atoms with Crippen LogP contribution in [-0.2, 0) is 19.2 Å². The number of carbonyl (C=O) groups excluding carboxylic acids is 3. The average Bonchev–Trinajstić information content (AvgIpc) is 3.02. The van der Waals surface area contributed by atoms with Gasteiger partial charge in [0, 0.05) is 11.9 Å². The van der Waals surface area contributed by atoms with Crippen molar-refractivity contribution in [1.82, 2.24) is 15.2 Å². The van der Waals surface area contributed by atoms with Gasteiger partial charge in [-0.1, -0.05) is 16.5 Å². The summed E-state index contributed by atoms with van der Waals surface area (Å²) in [6.07, 6.45) is 2.78. The molecule has 2 amide bonds. The molecule has 2 aliphatic rings. The molecule has 1 aromatic rings. The van der Waals surface area contributed by atoms with Crippen molar-refractivity contribution in [2.75, 3.05) is 18.6 Å². The Morgan fingerprint density at radius 2 is 2.32 bits per heavy atom. The zero-order chi connectivity index (χ0) is 18.1. The molecule has 0 radical (unpaired) electrons. The molecule has 3 rings (SSSR count). The Labute approximate surface area is 149 Å². The maximum absolute atomic E-state index is 12.5. The van der Waals surface area contributed by atoms with Gasteiger partial charge in [-0.2, -0.15) is 0 Å². The van der Waals surface area contributed by atoms with Crippen molar-refractivity contribution in [3.05, 3.63) is 22.8 Å². The number of hydrogen-bond acceptors (Lipinski definition) is 10. The number of hydrogen-bond donors (Lipinski definition) is 2. The smallest absolute Gasteiger partial charge is 0.275 e. The molecule has 12 heteroatoms. The Morgan fingerprint density at radius 3 is 2.92 bits per heavy atom. The van der Waals surface area contributed by atoms with Crippen LogP contribution < -0.4 is 16.2 Å². The highest BCUT2D eigenvalue weighted by molar-refractivity contribution is 8.00. The van der Waals surface area contributed by atoms with Gasteiger partial charge in [-0.15, -0.1) is 11.8 Å². The second-order valence-corrected chi connectivity index (χ2v) is 7.16. The SMILES string of the molecule is CO/N=C(\C(=O)N[C@H]1C(=O)N2C(C(=O)[O-])=CCS[C@H]12)c1cnc(N)s1. The van der Waals surface area contributed by atoms with Crippen molar-refractivity contribution in [2.45, 2.75) is 11.4 Å². The fourth-order valence-electron chi connectivity index (χ4n) is 2.43. The highest BCUT2D eigenvalue weighted by Crippen LogP contribution is 2.37. The summed E-state index contributed by atoms with van der Waals surface area (Å²) in [6.45, 7) is 0. The quantitative estimate of drug-likeness (QED) is 0.341. The molecule has 0 saturated carbocycles. The fourth-order valence-corrected chi connectivity index (χ4v) is 4.28. The molecule has 3 heterocycles. The first-order valence-electron chi connectivity index (χ1n) is 6.94. The monoisotopic (exact) mass is 382 g/mol. The second kappa shape index (κ2) is 6.72. The van der Waals surface area contributed by atoms with Crippen LogP contribution in [0.1, 0.15) is 4.88 Å². The van der Waals surface area contributed by atoms with Crippen LogP contribution >= 0.6 is 23.1 Å². The van der Waals surface area contributed by atoms with Crippen molar-refractivity contribution in [1.29, 1.82) is 0 Å². The molecule has 132 valence electrons. The molecule has 1 aromatic heterocycles. The molecule has 0 spiro atoms. The van der Waals surface area contributed by atoms with Crippen LogP contribution in [0.3, 0.4) is 0 Å². The number of thioether (sulfide) groups is 1. The van der Waals surface area contributed by atoms with Crippen LogP contribution in [0.2, 0.25) is 0 Å². The molecule has 25 heavy (non-hydrogen) atoms. The highest BCUT2D eigenvalue weighted by atomic mass is 32.2. The van der Waals surface area contributed by atoms with Crippen LogP contribution in [0.4, 0.5) is 5.13 Å². The Balaban J connectivity index is 1.75. The standard InChI is InChI=1S/C13H13N5O5S2/c1-23-17-7(6-4-15-13(14)25-6)9(19)16-8-10(20)18-5(12(21)22)2-3-24-11(8)18/h2,4,8,11H,3H2,1H3,(H2,14,15)(H,16,19)(H,21,22)/p-1/b17-7-/t8-,11+/m0/s1. The van der Waals surface area contributed by atoms with E-state index in [1.165, 1.54) is 31.1 Å². The predicted molar refractivity (Wildman–Crippen MR) is 88.2 cm³/mol. The van der Waals surface area contributed by atoms with E-state index in [0.29, 0.717) is 10.6 Å². The zero-order valence-corrected chi connectivity index (χ0v) is 14.4. The van der Waals surface area contributed by atoms with E-state index in [1.54, 1.807) is 0 Å². The van der Waals surface area contributed by atoms with E-state index in [1.807, 2.05) is 0 Å². The lowest BCUT2D eigenvalue weighted by molar-refractivity contribution is -0.301. The number of aromatic nitrogens is 1. The van der Waals surface area contributed by atoms with E-state index in [2.05, 4.69) is 20.3 Å². The second-order valence-electron chi connectivity index (χ2n) is 4.95. The first-order valence-corrected chi connectivity index (χ1v) is 8.80. The molecular weight excluding hydrogens is 370 g/mol. The topological polar surface area (TPSA) is 150 Å². The summed E-state index contributed by atoms with van der Waals surface area (Å²) in [5.74, 6) is -2.20. The number of nitrogen functional groups attached to an aromatic ring is 1. The van der Waals surface area contributed by atoms with Crippen molar-refractivity contribution in [2.24, 2.45) is 5.16 Å². The van der Waals surface area contributed by atoms with Crippen molar-refractivity contribution in [3.8, 4) is 0 Å². The van der Waals surface area contributed by atoms with Crippen molar-refractivity contribution < 1.29 is 24.3 Å². The molecule has 1 fully saturated rings. The minimum atomic E-state index is -1.43. The molecule has 2 atom stereocenters. The number of anilines is 1. The summed E-state index contributed by atoms with van der Waals surface area (Å²) in [5, 5.41) is 17.0. The van der Waals surface area contributed by atoms with Crippen LogP contribution in [0.15, 0.2) is 23.1 Å². The van der Waals surface area contributed by atoms with Gasteiger partial charge >= 0.3 is 0 Å². The highest BCUT2D eigenvalue weighted by Gasteiger charge is 2.51. The lowest BCUT2D eigenvalue weighted by Crippen LogP contribution is -2.71. The summed E-state index contributed by atoms with van der Waals surface area (Å²) in [5.41, 5.74) is 5.30. The van der Waals surface area contributed by atoms with E-state index in [4.69, 9.17) is 5.73 Å². The number of β-lactam (4-membered cyclic amide) rings is 1.